The average Bonchev–Trinajstić information content (AvgIpc) is 3.34. The summed E-state index contributed by atoms with van der Waals surface area (Å²) >= 11 is 0. The summed E-state index contributed by atoms with van der Waals surface area (Å²) in [5.74, 6) is 3.28. The maximum absolute atomic E-state index is 12.6. The van der Waals surface area contributed by atoms with Crippen LogP contribution in [0.25, 0.3) is 0 Å². The lowest BCUT2D eigenvalue weighted by molar-refractivity contribution is -0.134. The summed E-state index contributed by atoms with van der Waals surface area (Å²) in [7, 11) is 0. The molecule has 0 aromatic carbocycles. The number of furan rings is 1. The van der Waals surface area contributed by atoms with Crippen LogP contribution in [0.15, 0.2) is 15.5 Å². The SMILES string of the molecule is CCNC(=NCc1cc(C)oc1C)NC1CCN(C(=O)C2CCCC2)C1. The Morgan fingerprint density at radius 2 is 2.08 bits per heavy atom. The first-order valence-electron chi connectivity index (χ1n) is 9.96. The first-order chi connectivity index (χ1) is 12.6. The van der Waals surface area contributed by atoms with Crippen molar-refractivity contribution >= 4 is 11.9 Å². The lowest BCUT2D eigenvalue weighted by Gasteiger charge is -2.21. The second-order valence-electron chi connectivity index (χ2n) is 7.53. The largest absolute Gasteiger partial charge is 0.466 e. The standard InChI is InChI=1S/C20H32N4O2/c1-4-21-20(22-12-17-11-14(2)26-15(17)3)23-18-9-10-24(13-18)19(25)16-7-5-6-8-16/h11,16,18H,4-10,12-13H2,1-3H3,(H2,21,22,23). The van der Waals surface area contributed by atoms with Crippen LogP contribution < -0.4 is 10.6 Å². The summed E-state index contributed by atoms with van der Waals surface area (Å²) in [5.41, 5.74) is 1.11. The van der Waals surface area contributed by atoms with Crippen molar-refractivity contribution in [2.45, 2.75) is 65.5 Å². The van der Waals surface area contributed by atoms with E-state index in [-0.39, 0.29) is 12.0 Å². The van der Waals surface area contributed by atoms with Crippen LogP contribution in [0.2, 0.25) is 0 Å². The Labute approximate surface area is 156 Å². The minimum Gasteiger partial charge on any atom is -0.466 e. The van der Waals surface area contributed by atoms with Crippen LogP contribution in [0.5, 0.6) is 0 Å². The number of aliphatic imine (C=N–C) groups is 1. The Morgan fingerprint density at radius 1 is 1.31 bits per heavy atom. The minimum absolute atomic E-state index is 0.267. The number of hydrogen-bond donors (Lipinski definition) is 2. The molecule has 1 unspecified atom stereocenters. The Morgan fingerprint density at radius 3 is 2.73 bits per heavy atom. The highest BCUT2D eigenvalue weighted by molar-refractivity contribution is 5.81. The number of nitrogens with zero attached hydrogens (tertiary/aromatic N) is 2. The van der Waals surface area contributed by atoms with Crippen LogP contribution in [0, 0.1) is 19.8 Å². The van der Waals surface area contributed by atoms with Crippen molar-refractivity contribution in [1.29, 1.82) is 0 Å². The topological polar surface area (TPSA) is 69.9 Å². The second kappa shape index (κ2) is 8.60. The lowest BCUT2D eigenvalue weighted by Crippen LogP contribution is -2.45. The van der Waals surface area contributed by atoms with Gasteiger partial charge in [-0.25, -0.2) is 4.99 Å². The molecule has 6 nitrogen and oxygen atoms in total. The zero-order chi connectivity index (χ0) is 18.5. The quantitative estimate of drug-likeness (QED) is 0.626. The van der Waals surface area contributed by atoms with E-state index in [9.17, 15) is 4.79 Å². The van der Waals surface area contributed by atoms with E-state index < -0.39 is 0 Å². The van der Waals surface area contributed by atoms with Crippen molar-refractivity contribution in [3.8, 4) is 0 Å². The fourth-order valence-electron chi connectivity index (χ4n) is 4.03. The van der Waals surface area contributed by atoms with E-state index in [1.165, 1.54) is 12.8 Å². The molecule has 1 aliphatic carbocycles. The Kier molecular flexibility index (Phi) is 6.22. The van der Waals surface area contributed by atoms with Crippen LogP contribution in [-0.2, 0) is 11.3 Å². The van der Waals surface area contributed by atoms with Gasteiger partial charge < -0.3 is 20.0 Å². The van der Waals surface area contributed by atoms with Crippen LogP contribution in [0.1, 0.15) is 56.1 Å². The summed E-state index contributed by atoms with van der Waals surface area (Å²) < 4.78 is 5.58. The first-order valence-corrected chi connectivity index (χ1v) is 9.96. The fourth-order valence-corrected chi connectivity index (χ4v) is 4.03. The molecule has 1 atom stereocenters. The second-order valence-corrected chi connectivity index (χ2v) is 7.53. The summed E-state index contributed by atoms with van der Waals surface area (Å²) in [6, 6.07) is 2.31. The normalized spacial score (nSPS) is 21.4. The van der Waals surface area contributed by atoms with Crippen molar-refractivity contribution in [1.82, 2.24) is 15.5 Å². The highest BCUT2D eigenvalue weighted by Crippen LogP contribution is 2.27. The predicted octanol–water partition coefficient (Wildman–Crippen LogP) is 2.74. The maximum Gasteiger partial charge on any atom is 0.225 e. The zero-order valence-corrected chi connectivity index (χ0v) is 16.3. The Bertz CT molecular complexity index is 646. The molecule has 26 heavy (non-hydrogen) atoms. The molecule has 0 spiro atoms. The number of carbonyl (C=O) groups is 1. The van der Waals surface area contributed by atoms with Crippen LogP contribution in [0.4, 0.5) is 0 Å². The molecule has 2 heterocycles. The molecule has 2 fully saturated rings. The molecule has 2 N–H and O–H groups in total. The molecule has 144 valence electrons. The molecule has 2 aliphatic rings. The Balaban J connectivity index is 1.55. The van der Waals surface area contributed by atoms with E-state index in [1.54, 1.807) is 0 Å². The number of amides is 1. The third kappa shape index (κ3) is 4.59. The van der Waals surface area contributed by atoms with E-state index in [0.29, 0.717) is 12.5 Å². The number of rotatable bonds is 5. The van der Waals surface area contributed by atoms with Crippen molar-refractivity contribution in [3.05, 3.63) is 23.2 Å². The van der Waals surface area contributed by atoms with E-state index in [2.05, 4.69) is 17.6 Å². The monoisotopic (exact) mass is 360 g/mol. The van der Waals surface area contributed by atoms with Crippen LogP contribution in [-0.4, -0.2) is 42.4 Å². The third-order valence-electron chi connectivity index (χ3n) is 5.44. The molecule has 1 aliphatic heterocycles. The van der Waals surface area contributed by atoms with Crippen molar-refractivity contribution in [3.63, 3.8) is 0 Å². The van der Waals surface area contributed by atoms with Gasteiger partial charge in [-0.15, -0.1) is 0 Å². The number of aryl methyl sites for hydroxylation is 2. The molecule has 1 saturated carbocycles. The van der Waals surface area contributed by atoms with E-state index in [0.717, 1.165) is 61.9 Å². The summed E-state index contributed by atoms with van der Waals surface area (Å²) in [5, 5.41) is 6.81. The molecule has 1 aromatic heterocycles. The van der Waals surface area contributed by atoms with Gasteiger partial charge in [0, 0.05) is 37.2 Å². The van der Waals surface area contributed by atoms with Crippen LogP contribution >= 0.6 is 0 Å². The average molecular weight is 361 g/mol. The molecule has 1 aromatic rings. The molecule has 0 radical (unpaired) electrons. The molecular weight excluding hydrogens is 328 g/mol. The van der Waals surface area contributed by atoms with Gasteiger partial charge in [0.25, 0.3) is 0 Å². The van der Waals surface area contributed by atoms with Gasteiger partial charge in [0.1, 0.15) is 11.5 Å². The molecule has 0 bridgehead atoms. The van der Waals surface area contributed by atoms with Gasteiger partial charge in [0.05, 0.1) is 6.54 Å². The Hall–Kier alpha value is -1.98. The van der Waals surface area contributed by atoms with Crippen LogP contribution in [0.3, 0.4) is 0 Å². The van der Waals surface area contributed by atoms with Gasteiger partial charge in [-0.2, -0.15) is 0 Å². The summed E-state index contributed by atoms with van der Waals surface area (Å²) in [6.45, 7) is 9.04. The molecule has 3 rings (SSSR count). The van der Waals surface area contributed by atoms with Crippen molar-refractivity contribution in [2.24, 2.45) is 10.9 Å². The van der Waals surface area contributed by atoms with Crippen molar-refractivity contribution in [2.75, 3.05) is 19.6 Å². The molecule has 1 saturated heterocycles. The number of hydrogen-bond acceptors (Lipinski definition) is 3. The molecular formula is C20H32N4O2. The van der Waals surface area contributed by atoms with Gasteiger partial charge in [-0.1, -0.05) is 12.8 Å². The zero-order valence-electron chi connectivity index (χ0n) is 16.3. The maximum atomic E-state index is 12.6. The predicted molar refractivity (Wildman–Crippen MR) is 103 cm³/mol. The summed E-state index contributed by atoms with van der Waals surface area (Å²) in [6.07, 6.45) is 5.53. The van der Waals surface area contributed by atoms with E-state index in [4.69, 9.17) is 9.41 Å². The van der Waals surface area contributed by atoms with E-state index in [1.807, 2.05) is 24.8 Å². The van der Waals surface area contributed by atoms with Crippen molar-refractivity contribution < 1.29 is 9.21 Å². The fraction of sp³-hybridized carbons (Fsp3) is 0.700. The minimum atomic E-state index is 0.267. The highest BCUT2D eigenvalue weighted by atomic mass is 16.3. The van der Waals surface area contributed by atoms with Gasteiger partial charge >= 0.3 is 0 Å². The molecule has 6 heteroatoms. The number of likely N-dealkylation sites (tertiary alicyclic amines) is 1. The number of carbonyl (C=O) groups excluding carboxylic acids is 1. The van der Waals surface area contributed by atoms with Gasteiger partial charge in [0.2, 0.25) is 5.91 Å². The lowest BCUT2D eigenvalue weighted by atomic mass is 10.1. The summed E-state index contributed by atoms with van der Waals surface area (Å²) in [4.78, 5) is 19.3. The van der Waals surface area contributed by atoms with E-state index >= 15 is 0 Å². The van der Waals surface area contributed by atoms with Gasteiger partial charge in [-0.3, -0.25) is 4.79 Å². The van der Waals surface area contributed by atoms with Gasteiger partial charge in [-0.05, 0) is 46.1 Å². The third-order valence-corrected chi connectivity index (χ3v) is 5.44. The smallest absolute Gasteiger partial charge is 0.225 e. The van der Waals surface area contributed by atoms with Gasteiger partial charge in [0.15, 0.2) is 5.96 Å². The number of nitrogens with one attached hydrogen (secondary N) is 2. The number of guanidine groups is 1. The first kappa shape index (κ1) is 18.8. The molecule has 1 amide bonds. The highest BCUT2D eigenvalue weighted by Gasteiger charge is 2.32.